The number of aromatic nitrogens is 1. The van der Waals surface area contributed by atoms with Gasteiger partial charge in [0.2, 0.25) is 0 Å². The Hall–Kier alpha value is -1.09. The molecule has 1 atom stereocenters. The number of nitrogens with one attached hydrogen (secondary N) is 1. The molecular formula is C13H20N2O. The number of anilines is 1. The van der Waals surface area contributed by atoms with E-state index >= 15 is 0 Å². The van der Waals surface area contributed by atoms with Crippen molar-refractivity contribution in [1.82, 2.24) is 4.98 Å². The molecule has 1 aliphatic rings. The minimum Gasteiger partial charge on any atom is -0.394 e. The van der Waals surface area contributed by atoms with E-state index in [9.17, 15) is 5.11 Å². The van der Waals surface area contributed by atoms with Gasteiger partial charge in [-0.05, 0) is 36.8 Å². The van der Waals surface area contributed by atoms with Gasteiger partial charge in [0.15, 0.2) is 0 Å². The van der Waals surface area contributed by atoms with E-state index in [2.05, 4.69) is 30.2 Å². The Morgan fingerprint density at radius 1 is 1.38 bits per heavy atom. The summed E-state index contributed by atoms with van der Waals surface area (Å²) in [4.78, 5) is 4.60. The number of nitrogens with zero attached hydrogens (tertiary/aromatic N) is 1. The van der Waals surface area contributed by atoms with Crippen molar-refractivity contribution in [2.24, 2.45) is 5.92 Å². The van der Waals surface area contributed by atoms with Gasteiger partial charge in [-0.25, -0.2) is 4.98 Å². The van der Waals surface area contributed by atoms with Crippen LogP contribution in [-0.4, -0.2) is 22.7 Å². The van der Waals surface area contributed by atoms with E-state index in [1.807, 2.05) is 6.07 Å². The second-order valence-electron chi connectivity index (χ2n) is 4.83. The van der Waals surface area contributed by atoms with Crippen molar-refractivity contribution in [2.45, 2.75) is 39.2 Å². The van der Waals surface area contributed by atoms with Crippen molar-refractivity contribution < 1.29 is 5.11 Å². The van der Waals surface area contributed by atoms with E-state index in [-0.39, 0.29) is 12.6 Å². The molecule has 2 N–H and O–H groups in total. The predicted octanol–water partition coefficient (Wildman–Crippen LogP) is 2.00. The molecule has 0 amide bonds. The third kappa shape index (κ3) is 2.35. The first-order chi connectivity index (χ1) is 7.70. The highest BCUT2D eigenvalue weighted by molar-refractivity contribution is 5.41. The molecule has 1 heterocycles. The largest absolute Gasteiger partial charge is 0.394 e. The molecular weight excluding hydrogens is 200 g/mol. The van der Waals surface area contributed by atoms with Crippen LogP contribution in [0, 0.1) is 5.92 Å². The van der Waals surface area contributed by atoms with E-state index < -0.39 is 0 Å². The van der Waals surface area contributed by atoms with Gasteiger partial charge >= 0.3 is 0 Å². The lowest BCUT2D eigenvalue weighted by molar-refractivity contribution is 0.249. The van der Waals surface area contributed by atoms with Crippen molar-refractivity contribution in [3.63, 3.8) is 0 Å². The SMILES string of the molecule is CC(C)[C@@H](CO)Nc1ccc2c(n1)CCC2. The highest BCUT2D eigenvalue weighted by Gasteiger charge is 2.15. The zero-order valence-electron chi connectivity index (χ0n) is 10.0. The zero-order chi connectivity index (χ0) is 11.5. The van der Waals surface area contributed by atoms with Crippen LogP contribution in [0.5, 0.6) is 0 Å². The molecule has 0 saturated carbocycles. The molecule has 1 aromatic rings. The fourth-order valence-electron chi connectivity index (χ4n) is 2.11. The van der Waals surface area contributed by atoms with Crippen LogP contribution in [0.15, 0.2) is 12.1 Å². The molecule has 0 unspecified atom stereocenters. The summed E-state index contributed by atoms with van der Waals surface area (Å²) < 4.78 is 0. The topological polar surface area (TPSA) is 45.1 Å². The summed E-state index contributed by atoms with van der Waals surface area (Å²) in [7, 11) is 0. The Balaban J connectivity index is 2.10. The standard InChI is InChI=1S/C13H20N2O/c1-9(2)12(8-16)15-13-7-6-10-4-3-5-11(10)14-13/h6-7,9,12,16H,3-5,8H2,1-2H3,(H,14,15)/t12-/m1/s1. The third-order valence-electron chi connectivity index (χ3n) is 3.26. The number of pyridine rings is 1. The summed E-state index contributed by atoms with van der Waals surface area (Å²) in [6.07, 6.45) is 3.48. The Labute approximate surface area is 96.9 Å². The van der Waals surface area contributed by atoms with Crippen LogP contribution in [0.1, 0.15) is 31.5 Å². The van der Waals surface area contributed by atoms with Crippen molar-refractivity contribution in [2.75, 3.05) is 11.9 Å². The normalized spacial score (nSPS) is 16.2. The molecule has 3 heteroatoms. The Bertz CT molecular complexity index is 363. The maximum atomic E-state index is 9.26. The molecule has 88 valence electrons. The van der Waals surface area contributed by atoms with Gasteiger partial charge in [-0.1, -0.05) is 19.9 Å². The molecule has 0 aromatic carbocycles. The lowest BCUT2D eigenvalue weighted by Crippen LogP contribution is -2.29. The van der Waals surface area contributed by atoms with Crippen LogP contribution in [-0.2, 0) is 12.8 Å². The lowest BCUT2D eigenvalue weighted by atomic mass is 10.1. The van der Waals surface area contributed by atoms with Gasteiger partial charge in [0.25, 0.3) is 0 Å². The van der Waals surface area contributed by atoms with E-state index in [0.717, 1.165) is 18.7 Å². The second kappa shape index (κ2) is 4.83. The fraction of sp³-hybridized carbons (Fsp3) is 0.615. The maximum absolute atomic E-state index is 9.26. The fourth-order valence-corrected chi connectivity index (χ4v) is 2.11. The van der Waals surface area contributed by atoms with E-state index in [4.69, 9.17) is 0 Å². The highest BCUT2D eigenvalue weighted by atomic mass is 16.3. The molecule has 1 aromatic heterocycles. The average molecular weight is 220 g/mol. The van der Waals surface area contributed by atoms with Crippen LogP contribution in [0.3, 0.4) is 0 Å². The van der Waals surface area contributed by atoms with Crippen molar-refractivity contribution in [3.8, 4) is 0 Å². The van der Waals surface area contributed by atoms with Gasteiger partial charge in [0.05, 0.1) is 12.6 Å². The highest BCUT2D eigenvalue weighted by Crippen LogP contribution is 2.22. The minimum absolute atomic E-state index is 0.0898. The summed E-state index contributed by atoms with van der Waals surface area (Å²) in [5.74, 6) is 1.30. The van der Waals surface area contributed by atoms with Gasteiger partial charge in [-0.3, -0.25) is 0 Å². The summed E-state index contributed by atoms with van der Waals surface area (Å²) in [5, 5.41) is 12.6. The Kier molecular flexibility index (Phi) is 3.44. The summed E-state index contributed by atoms with van der Waals surface area (Å²) in [6.45, 7) is 4.35. The quantitative estimate of drug-likeness (QED) is 0.815. The molecule has 0 radical (unpaired) electrons. The molecule has 2 rings (SSSR count). The van der Waals surface area contributed by atoms with E-state index in [1.54, 1.807) is 0 Å². The van der Waals surface area contributed by atoms with Crippen LogP contribution >= 0.6 is 0 Å². The van der Waals surface area contributed by atoms with Gasteiger partial charge in [0.1, 0.15) is 5.82 Å². The van der Waals surface area contributed by atoms with Crippen LogP contribution < -0.4 is 5.32 Å². The summed E-state index contributed by atoms with van der Waals surface area (Å²) in [6, 6.07) is 4.27. The Morgan fingerprint density at radius 2 is 2.19 bits per heavy atom. The lowest BCUT2D eigenvalue weighted by Gasteiger charge is -2.20. The summed E-state index contributed by atoms with van der Waals surface area (Å²) >= 11 is 0. The number of aliphatic hydroxyl groups is 1. The van der Waals surface area contributed by atoms with E-state index in [1.165, 1.54) is 17.7 Å². The monoisotopic (exact) mass is 220 g/mol. The number of hydrogen-bond donors (Lipinski definition) is 2. The zero-order valence-corrected chi connectivity index (χ0v) is 10.0. The van der Waals surface area contributed by atoms with Crippen molar-refractivity contribution in [1.29, 1.82) is 0 Å². The molecule has 0 aliphatic heterocycles. The third-order valence-corrected chi connectivity index (χ3v) is 3.26. The van der Waals surface area contributed by atoms with Crippen molar-refractivity contribution >= 4 is 5.82 Å². The van der Waals surface area contributed by atoms with Gasteiger partial charge in [0, 0.05) is 5.69 Å². The predicted molar refractivity (Wildman–Crippen MR) is 65.6 cm³/mol. The molecule has 0 saturated heterocycles. The molecule has 3 nitrogen and oxygen atoms in total. The smallest absolute Gasteiger partial charge is 0.126 e. The molecule has 1 aliphatic carbocycles. The average Bonchev–Trinajstić information content (AvgIpc) is 2.72. The number of aryl methyl sites for hydroxylation is 2. The maximum Gasteiger partial charge on any atom is 0.126 e. The first-order valence-corrected chi connectivity index (χ1v) is 6.07. The number of fused-ring (bicyclic) bond motifs is 1. The van der Waals surface area contributed by atoms with Crippen LogP contribution in [0.25, 0.3) is 0 Å². The van der Waals surface area contributed by atoms with Gasteiger partial charge < -0.3 is 10.4 Å². The number of aliphatic hydroxyl groups excluding tert-OH is 1. The first kappa shape index (κ1) is 11.4. The van der Waals surface area contributed by atoms with Crippen LogP contribution in [0.2, 0.25) is 0 Å². The van der Waals surface area contributed by atoms with Crippen LogP contribution in [0.4, 0.5) is 5.82 Å². The molecule has 0 fully saturated rings. The van der Waals surface area contributed by atoms with E-state index in [0.29, 0.717) is 5.92 Å². The summed E-state index contributed by atoms with van der Waals surface area (Å²) in [5.41, 5.74) is 2.61. The Morgan fingerprint density at radius 3 is 2.88 bits per heavy atom. The number of rotatable bonds is 4. The van der Waals surface area contributed by atoms with Gasteiger partial charge in [-0.15, -0.1) is 0 Å². The second-order valence-corrected chi connectivity index (χ2v) is 4.83. The van der Waals surface area contributed by atoms with Gasteiger partial charge in [-0.2, -0.15) is 0 Å². The van der Waals surface area contributed by atoms with Crippen molar-refractivity contribution in [3.05, 3.63) is 23.4 Å². The molecule has 0 spiro atoms. The number of hydrogen-bond acceptors (Lipinski definition) is 3. The molecule has 16 heavy (non-hydrogen) atoms. The minimum atomic E-state index is 0.0898. The molecule has 0 bridgehead atoms. The first-order valence-electron chi connectivity index (χ1n) is 6.07.